The fraction of sp³-hybridized carbons (Fsp3) is 0.632. The third-order valence-electron chi connectivity index (χ3n) is 5.46. The van der Waals surface area contributed by atoms with E-state index in [1.165, 1.54) is 6.07 Å². The lowest BCUT2D eigenvalue weighted by Gasteiger charge is -2.39. The van der Waals surface area contributed by atoms with Crippen LogP contribution in [0.2, 0.25) is 0 Å². The van der Waals surface area contributed by atoms with E-state index < -0.39 is 11.7 Å². The highest BCUT2D eigenvalue weighted by atomic mass is 19.4. The van der Waals surface area contributed by atoms with E-state index in [0.29, 0.717) is 31.7 Å². The molecule has 3 rings (SSSR count). The van der Waals surface area contributed by atoms with Crippen molar-refractivity contribution in [1.29, 1.82) is 0 Å². The topological polar surface area (TPSA) is 26.8 Å². The number of aryl methyl sites for hydroxylation is 1. The molecule has 0 saturated carbocycles. The largest absolute Gasteiger partial charge is 0.418 e. The van der Waals surface area contributed by atoms with Gasteiger partial charge in [0, 0.05) is 37.8 Å². The van der Waals surface area contributed by atoms with Gasteiger partial charge in [-0.3, -0.25) is 4.79 Å². The van der Waals surface area contributed by atoms with Crippen molar-refractivity contribution in [2.75, 3.05) is 51.2 Å². The number of carbonyl (C=O) groups is 1. The number of nitrogens with zero attached hydrogens (tertiary/aromatic N) is 3. The zero-order valence-electron chi connectivity index (χ0n) is 15.4. The van der Waals surface area contributed by atoms with Crippen molar-refractivity contribution in [3.05, 3.63) is 29.3 Å². The molecular formula is C19H26F3N3O. The molecule has 7 heteroatoms. The SMILES string of the molecule is Cc1ccc(N2CCN(C(=O)C3CCN(C)CC3)CC2)c(C(F)(F)F)c1. The molecule has 2 fully saturated rings. The Morgan fingerprint density at radius 1 is 1.04 bits per heavy atom. The molecule has 0 aliphatic carbocycles. The van der Waals surface area contributed by atoms with Crippen LogP contribution in [-0.2, 0) is 11.0 Å². The molecule has 0 radical (unpaired) electrons. The summed E-state index contributed by atoms with van der Waals surface area (Å²) in [6.45, 7) is 5.35. The average molecular weight is 369 g/mol. The molecule has 0 N–H and O–H groups in total. The first-order valence-corrected chi connectivity index (χ1v) is 9.16. The van der Waals surface area contributed by atoms with Crippen molar-refractivity contribution < 1.29 is 18.0 Å². The Morgan fingerprint density at radius 2 is 1.65 bits per heavy atom. The summed E-state index contributed by atoms with van der Waals surface area (Å²) in [6, 6.07) is 4.46. The van der Waals surface area contributed by atoms with Crippen LogP contribution < -0.4 is 4.90 Å². The summed E-state index contributed by atoms with van der Waals surface area (Å²) in [5, 5.41) is 0. The number of benzene rings is 1. The fourth-order valence-corrected chi connectivity index (χ4v) is 3.83. The van der Waals surface area contributed by atoms with E-state index in [0.717, 1.165) is 25.9 Å². The summed E-state index contributed by atoms with van der Waals surface area (Å²) in [5.41, 5.74) is 0.222. The summed E-state index contributed by atoms with van der Waals surface area (Å²) >= 11 is 0. The van der Waals surface area contributed by atoms with Gasteiger partial charge in [0.2, 0.25) is 5.91 Å². The molecule has 0 bridgehead atoms. The van der Waals surface area contributed by atoms with Gasteiger partial charge in [0.1, 0.15) is 0 Å². The van der Waals surface area contributed by atoms with Gasteiger partial charge >= 0.3 is 6.18 Å². The molecule has 4 nitrogen and oxygen atoms in total. The van der Waals surface area contributed by atoms with Crippen LogP contribution in [-0.4, -0.2) is 62.0 Å². The Labute approximate surface area is 152 Å². The number of alkyl halides is 3. The number of piperidine rings is 1. The average Bonchev–Trinajstić information content (AvgIpc) is 2.61. The van der Waals surface area contributed by atoms with Crippen LogP contribution in [0.4, 0.5) is 18.9 Å². The van der Waals surface area contributed by atoms with Gasteiger partial charge in [0.15, 0.2) is 0 Å². The van der Waals surface area contributed by atoms with E-state index in [1.807, 2.05) is 4.90 Å². The van der Waals surface area contributed by atoms with E-state index in [-0.39, 0.29) is 17.5 Å². The predicted molar refractivity (Wildman–Crippen MR) is 95.2 cm³/mol. The van der Waals surface area contributed by atoms with Crippen LogP contribution >= 0.6 is 0 Å². The van der Waals surface area contributed by atoms with Crippen LogP contribution in [0.15, 0.2) is 18.2 Å². The van der Waals surface area contributed by atoms with E-state index in [2.05, 4.69) is 11.9 Å². The van der Waals surface area contributed by atoms with E-state index in [9.17, 15) is 18.0 Å². The molecular weight excluding hydrogens is 343 g/mol. The van der Waals surface area contributed by atoms with Gasteiger partial charge < -0.3 is 14.7 Å². The van der Waals surface area contributed by atoms with Gasteiger partial charge in [0.05, 0.1) is 5.56 Å². The summed E-state index contributed by atoms with van der Waals surface area (Å²) in [6.07, 6.45) is -2.64. The molecule has 144 valence electrons. The minimum absolute atomic E-state index is 0.0582. The molecule has 0 spiro atoms. The summed E-state index contributed by atoms with van der Waals surface area (Å²) in [4.78, 5) is 18.5. The second kappa shape index (κ2) is 7.47. The minimum atomic E-state index is -4.37. The molecule has 1 amide bonds. The van der Waals surface area contributed by atoms with Crippen molar-refractivity contribution in [2.24, 2.45) is 5.92 Å². The highest BCUT2D eigenvalue weighted by Gasteiger charge is 2.36. The van der Waals surface area contributed by atoms with E-state index >= 15 is 0 Å². The van der Waals surface area contributed by atoms with Crippen LogP contribution in [0.25, 0.3) is 0 Å². The van der Waals surface area contributed by atoms with Gasteiger partial charge in [-0.15, -0.1) is 0 Å². The van der Waals surface area contributed by atoms with Crippen molar-refractivity contribution in [1.82, 2.24) is 9.80 Å². The Balaban J connectivity index is 1.65. The zero-order chi connectivity index (χ0) is 18.9. The van der Waals surface area contributed by atoms with Gasteiger partial charge in [-0.05, 0) is 52.0 Å². The summed E-state index contributed by atoms with van der Waals surface area (Å²) < 4.78 is 40.1. The highest BCUT2D eigenvalue weighted by Crippen LogP contribution is 2.37. The summed E-state index contributed by atoms with van der Waals surface area (Å²) in [5.74, 6) is 0.223. The van der Waals surface area contributed by atoms with E-state index in [1.54, 1.807) is 24.0 Å². The van der Waals surface area contributed by atoms with Crippen molar-refractivity contribution in [3.63, 3.8) is 0 Å². The molecule has 1 aromatic carbocycles. The molecule has 26 heavy (non-hydrogen) atoms. The lowest BCUT2D eigenvalue weighted by molar-refractivity contribution is -0.138. The second-order valence-electron chi connectivity index (χ2n) is 7.41. The van der Waals surface area contributed by atoms with Crippen molar-refractivity contribution in [2.45, 2.75) is 25.9 Å². The second-order valence-corrected chi connectivity index (χ2v) is 7.41. The molecule has 2 saturated heterocycles. The third-order valence-corrected chi connectivity index (χ3v) is 5.46. The maximum absolute atomic E-state index is 13.4. The first-order valence-electron chi connectivity index (χ1n) is 9.16. The maximum atomic E-state index is 13.4. The van der Waals surface area contributed by atoms with Crippen LogP contribution in [0, 0.1) is 12.8 Å². The van der Waals surface area contributed by atoms with Gasteiger partial charge in [-0.1, -0.05) is 11.6 Å². The van der Waals surface area contributed by atoms with Crippen LogP contribution in [0.5, 0.6) is 0 Å². The Morgan fingerprint density at radius 3 is 2.23 bits per heavy atom. The Kier molecular flexibility index (Phi) is 5.46. The highest BCUT2D eigenvalue weighted by molar-refractivity contribution is 5.79. The van der Waals surface area contributed by atoms with Crippen molar-refractivity contribution in [3.8, 4) is 0 Å². The number of anilines is 1. The fourth-order valence-electron chi connectivity index (χ4n) is 3.83. The minimum Gasteiger partial charge on any atom is -0.367 e. The lowest BCUT2D eigenvalue weighted by Crippen LogP contribution is -2.51. The third kappa shape index (κ3) is 4.14. The van der Waals surface area contributed by atoms with E-state index in [4.69, 9.17) is 0 Å². The number of likely N-dealkylation sites (tertiary alicyclic amines) is 1. The molecule has 2 aliphatic heterocycles. The lowest BCUT2D eigenvalue weighted by atomic mass is 9.95. The number of halogens is 3. The van der Waals surface area contributed by atoms with Gasteiger partial charge in [-0.25, -0.2) is 0 Å². The van der Waals surface area contributed by atoms with Crippen molar-refractivity contribution >= 4 is 11.6 Å². The number of hydrogen-bond donors (Lipinski definition) is 0. The van der Waals surface area contributed by atoms with Gasteiger partial charge in [-0.2, -0.15) is 13.2 Å². The maximum Gasteiger partial charge on any atom is 0.418 e. The van der Waals surface area contributed by atoms with Crippen LogP contribution in [0.3, 0.4) is 0 Å². The number of carbonyl (C=O) groups excluding carboxylic acids is 1. The Bertz CT molecular complexity index is 646. The monoisotopic (exact) mass is 369 g/mol. The zero-order valence-corrected chi connectivity index (χ0v) is 15.4. The number of amides is 1. The number of piperazine rings is 1. The smallest absolute Gasteiger partial charge is 0.367 e. The number of rotatable bonds is 2. The predicted octanol–water partition coefficient (Wildman–Crippen LogP) is 3.00. The van der Waals surface area contributed by atoms with Gasteiger partial charge in [0.25, 0.3) is 0 Å². The molecule has 0 atom stereocenters. The first kappa shape index (κ1) is 19.0. The Hall–Kier alpha value is -1.76. The molecule has 0 unspecified atom stereocenters. The van der Waals surface area contributed by atoms with Crippen LogP contribution in [0.1, 0.15) is 24.0 Å². The quantitative estimate of drug-likeness (QED) is 0.802. The molecule has 0 aromatic heterocycles. The number of hydrogen-bond acceptors (Lipinski definition) is 3. The molecule has 2 heterocycles. The normalized spacial score (nSPS) is 20.5. The summed E-state index contributed by atoms with van der Waals surface area (Å²) in [7, 11) is 2.05. The standard InChI is InChI=1S/C19H26F3N3O/c1-14-3-4-17(16(13-14)19(20,21)22)24-9-11-25(12-10-24)18(26)15-5-7-23(2)8-6-15/h3-4,13,15H,5-12H2,1-2H3. The first-order chi connectivity index (χ1) is 12.3. The molecule has 2 aliphatic rings. The molecule has 1 aromatic rings.